The van der Waals surface area contributed by atoms with Gasteiger partial charge < -0.3 is 16.0 Å². The third kappa shape index (κ3) is 7.27. The van der Waals surface area contributed by atoms with Crippen LogP contribution >= 0.6 is 0 Å². The molecule has 3 N–H and O–H groups in total. The number of nitrogens with two attached hydrogens (primary N) is 1. The van der Waals surface area contributed by atoms with Gasteiger partial charge >= 0.3 is 0 Å². The zero-order chi connectivity index (χ0) is 14.1. The zero-order valence-electron chi connectivity index (χ0n) is 12.0. The summed E-state index contributed by atoms with van der Waals surface area (Å²) in [6.07, 6.45) is 1.78. The van der Waals surface area contributed by atoms with E-state index >= 15 is 0 Å². The highest BCUT2D eigenvalue weighted by molar-refractivity contribution is 5.78. The number of nitrogens with one attached hydrogen (secondary N) is 1. The van der Waals surface area contributed by atoms with Crippen molar-refractivity contribution in [3.05, 3.63) is 0 Å². The standard InChI is InChI=1S/C13H27N3O2/c1-10(2)7-11(9-14)8-13(18)16(4)6-5-12(17)15-3/h10-11H,5-9,14H2,1-4H3,(H,15,17)/t11-/m0/s1. The fraction of sp³-hybridized carbons (Fsp3) is 0.846. The largest absolute Gasteiger partial charge is 0.359 e. The number of hydrogen-bond donors (Lipinski definition) is 2. The Morgan fingerprint density at radius 1 is 1.33 bits per heavy atom. The minimum absolute atomic E-state index is 0.0489. The first kappa shape index (κ1) is 16.9. The minimum Gasteiger partial charge on any atom is -0.359 e. The van der Waals surface area contributed by atoms with E-state index in [1.807, 2.05) is 0 Å². The normalized spacial score (nSPS) is 12.3. The third-order valence-corrected chi connectivity index (χ3v) is 2.98. The smallest absolute Gasteiger partial charge is 0.222 e. The number of carbonyl (C=O) groups excluding carboxylic acids is 2. The van der Waals surface area contributed by atoms with Gasteiger partial charge in [-0.1, -0.05) is 13.8 Å². The molecule has 0 fully saturated rings. The summed E-state index contributed by atoms with van der Waals surface area (Å²) in [6.45, 7) is 5.25. The number of carbonyl (C=O) groups is 2. The highest BCUT2D eigenvalue weighted by Crippen LogP contribution is 2.15. The van der Waals surface area contributed by atoms with Crippen molar-refractivity contribution in [1.82, 2.24) is 10.2 Å². The number of hydrogen-bond acceptors (Lipinski definition) is 3. The van der Waals surface area contributed by atoms with Crippen LogP contribution < -0.4 is 11.1 Å². The molecule has 0 aliphatic rings. The van der Waals surface area contributed by atoms with Gasteiger partial charge in [-0.2, -0.15) is 0 Å². The van der Waals surface area contributed by atoms with Gasteiger partial charge in [-0.15, -0.1) is 0 Å². The monoisotopic (exact) mass is 257 g/mol. The predicted octanol–water partition coefficient (Wildman–Crippen LogP) is 0.592. The molecule has 18 heavy (non-hydrogen) atoms. The van der Waals surface area contributed by atoms with Gasteiger partial charge in [0.15, 0.2) is 0 Å². The van der Waals surface area contributed by atoms with Crippen LogP contribution in [0.15, 0.2) is 0 Å². The van der Waals surface area contributed by atoms with Crippen LogP contribution in [0.5, 0.6) is 0 Å². The van der Waals surface area contributed by atoms with Gasteiger partial charge in [0.25, 0.3) is 0 Å². The summed E-state index contributed by atoms with van der Waals surface area (Å²) in [5, 5.41) is 2.54. The Kier molecular flexibility index (Phi) is 8.37. The number of nitrogens with zero attached hydrogens (tertiary/aromatic N) is 1. The van der Waals surface area contributed by atoms with Gasteiger partial charge in [-0.3, -0.25) is 9.59 Å². The van der Waals surface area contributed by atoms with Crippen LogP contribution in [0.25, 0.3) is 0 Å². The molecule has 0 saturated heterocycles. The molecule has 0 aliphatic heterocycles. The molecule has 0 rings (SSSR count). The second-order valence-electron chi connectivity index (χ2n) is 5.17. The molecule has 0 heterocycles. The molecule has 0 aromatic carbocycles. The predicted molar refractivity (Wildman–Crippen MR) is 72.9 cm³/mol. The Bertz CT molecular complexity index is 267. The van der Waals surface area contributed by atoms with Gasteiger partial charge in [0.05, 0.1) is 0 Å². The first-order valence-corrected chi connectivity index (χ1v) is 6.55. The van der Waals surface area contributed by atoms with Gasteiger partial charge in [0.2, 0.25) is 11.8 Å². The summed E-state index contributed by atoms with van der Waals surface area (Å²) < 4.78 is 0. The lowest BCUT2D eigenvalue weighted by atomic mass is 9.94. The second kappa shape index (κ2) is 8.91. The van der Waals surface area contributed by atoms with Gasteiger partial charge in [-0.25, -0.2) is 0 Å². The molecule has 2 amide bonds. The molecule has 0 unspecified atom stereocenters. The average Bonchev–Trinajstić information content (AvgIpc) is 2.33. The van der Waals surface area contributed by atoms with Crippen LogP contribution in [0.2, 0.25) is 0 Å². The van der Waals surface area contributed by atoms with Crippen LogP contribution in [0, 0.1) is 11.8 Å². The van der Waals surface area contributed by atoms with E-state index in [4.69, 9.17) is 5.73 Å². The van der Waals surface area contributed by atoms with Gasteiger partial charge in [0, 0.05) is 33.5 Å². The topological polar surface area (TPSA) is 75.4 Å². The van der Waals surface area contributed by atoms with E-state index in [-0.39, 0.29) is 17.7 Å². The fourth-order valence-corrected chi connectivity index (χ4v) is 1.85. The molecule has 0 radical (unpaired) electrons. The van der Waals surface area contributed by atoms with Crippen molar-refractivity contribution in [3.63, 3.8) is 0 Å². The van der Waals surface area contributed by atoms with E-state index < -0.39 is 0 Å². The average molecular weight is 257 g/mol. The second-order valence-corrected chi connectivity index (χ2v) is 5.17. The molecule has 0 spiro atoms. The maximum atomic E-state index is 11.9. The zero-order valence-corrected chi connectivity index (χ0v) is 12.0. The molecule has 0 aromatic rings. The first-order valence-electron chi connectivity index (χ1n) is 6.55. The Morgan fingerprint density at radius 3 is 2.39 bits per heavy atom. The van der Waals surface area contributed by atoms with Crippen molar-refractivity contribution in [1.29, 1.82) is 0 Å². The quantitative estimate of drug-likeness (QED) is 0.668. The molecule has 106 valence electrons. The first-order chi connectivity index (χ1) is 8.40. The minimum atomic E-state index is -0.0489. The van der Waals surface area contributed by atoms with Crippen LogP contribution in [-0.2, 0) is 9.59 Å². The van der Waals surface area contributed by atoms with Crippen LogP contribution in [0.1, 0.15) is 33.1 Å². The summed E-state index contributed by atoms with van der Waals surface area (Å²) in [5.41, 5.74) is 5.68. The lowest BCUT2D eigenvalue weighted by Gasteiger charge is -2.21. The van der Waals surface area contributed by atoms with Crippen molar-refractivity contribution in [2.45, 2.75) is 33.1 Å². The third-order valence-electron chi connectivity index (χ3n) is 2.98. The van der Waals surface area contributed by atoms with E-state index in [0.717, 1.165) is 6.42 Å². The van der Waals surface area contributed by atoms with Crippen LogP contribution in [0.4, 0.5) is 0 Å². The van der Waals surface area contributed by atoms with E-state index in [1.54, 1.807) is 19.0 Å². The molecule has 0 saturated carbocycles. The molecule has 5 heteroatoms. The molecule has 0 aromatic heterocycles. The van der Waals surface area contributed by atoms with E-state index in [0.29, 0.717) is 31.8 Å². The number of amides is 2. The highest BCUT2D eigenvalue weighted by Gasteiger charge is 2.17. The molecule has 0 bridgehead atoms. The van der Waals surface area contributed by atoms with Crippen molar-refractivity contribution in [3.8, 4) is 0 Å². The van der Waals surface area contributed by atoms with Crippen LogP contribution in [-0.4, -0.2) is 43.9 Å². The SMILES string of the molecule is CNC(=O)CCN(C)C(=O)C[C@@H](CN)CC(C)C. The molecular formula is C13H27N3O2. The van der Waals surface area contributed by atoms with Crippen molar-refractivity contribution in [2.24, 2.45) is 17.6 Å². The Hall–Kier alpha value is -1.10. The van der Waals surface area contributed by atoms with Gasteiger partial charge in [-0.05, 0) is 24.8 Å². The molecular weight excluding hydrogens is 230 g/mol. The van der Waals surface area contributed by atoms with Gasteiger partial charge in [0.1, 0.15) is 0 Å². The maximum absolute atomic E-state index is 11.9. The summed E-state index contributed by atoms with van der Waals surface area (Å²) in [4.78, 5) is 24.6. The van der Waals surface area contributed by atoms with Crippen molar-refractivity contribution < 1.29 is 9.59 Å². The van der Waals surface area contributed by atoms with E-state index in [9.17, 15) is 9.59 Å². The summed E-state index contributed by atoms with van der Waals surface area (Å²) in [6, 6.07) is 0. The highest BCUT2D eigenvalue weighted by atomic mass is 16.2. The lowest BCUT2D eigenvalue weighted by Crippen LogP contribution is -2.33. The summed E-state index contributed by atoms with van der Waals surface area (Å²) >= 11 is 0. The Labute approximate surface area is 110 Å². The number of rotatable bonds is 8. The maximum Gasteiger partial charge on any atom is 0.222 e. The molecule has 1 atom stereocenters. The van der Waals surface area contributed by atoms with Crippen molar-refractivity contribution >= 4 is 11.8 Å². The Morgan fingerprint density at radius 2 is 1.94 bits per heavy atom. The lowest BCUT2D eigenvalue weighted by molar-refractivity contribution is -0.131. The van der Waals surface area contributed by atoms with E-state index in [2.05, 4.69) is 19.2 Å². The Balaban J connectivity index is 4.08. The fourth-order valence-electron chi connectivity index (χ4n) is 1.85. The van der Waals surface area contributed by atoms with E-state index in [1.165, 1.54) is 0 Å². The molecule has 0 aliphatic carbocycles. The summed E-state index contributed by atoms with van der Waals surface area (Å²) in [5.74, 6) is 0.796. The van der Waals surface area contributed by atoms with Crippen molar-refractivity contribution in [2.75, 3.05) is 27.2 Å². The van der Waals surface area contributed by atoms with Crippen LogP contribution in [0.3, 0.4) is 0 Å². The summed E-state index contributed by atoms with van der Waals surface area (Å²) in [7, 11) is 3.32. The molecule has 5 nitrogen and oxygen atoms in total.